The molecule has 0 fully saturated rings. The minimum Gasteiger partial charge on any atom is -0.497 e. The molecule has 0 saturated carbocycles. The van der Waals surface area contributed by atoms with E-state index in [-0.39, 0.29) is 23.9 Å². The van der Waals surface area contributed by atoms with Crippen LogP contribution in [0.4, 0.5) is 0 Å². The van der Waals surface area contributed by atoms with Gasteiger partial charge < -0.3 is 18.9 Å². The largest absolute Gasteiger partial charge is 0.497 e. The van der Waals surface area contributed by atoms with Crippen LogP contribution in [0.5, 0.6) is 23.0 Å². The van der Waals surface area contributed by atoms with Gasteiger partial charge in [-0.05, 0) is 54.5 Å². The molecule has 0 radical (unpaired) electrons. The third-order valence-corrected chi connectivity index (χ3v) is 5.96. The first kappa shape index (κ1) is 22.5. The van der Waals surface area contributed by atoms with E-state index in [4.69, 9.17) is 18.9 Å². The Morgan fingerprint density at radius 1 is 1.06 bits per heavy atom. The van der Waals surface area contributed by atoms with Crippen LogP contribution in [0.3, 0.4) is 0 Å². The normalized spacial score (nSPS) is 17.3. The highest BCUT2D eigenvalue weighted by Crippen LogP contribution is 2.50. The lowest BCUT2D eigenvalue weighted by Gasteiger charge is -2.27. The SMILES string of the molecule is C=C(C)COc1ccccc1[C@H]1CC(=O)Oc2ccc3c(c21)O/C(=C\c1ccc(OC)cc1)C3=O. The Labute approximate surface area is 203 Å². The fraction of sp³-hybridized carbons (Fsp3) is 0.172. The number of benzene rings is 3. The van der Waals surface area contributed by atoms with Crippen molar-refractivity contribution in [3.63, 3.8) is 0 Å². The molecule has 0 unspecified atom stereocenters. The summed E-state index contributed by atoms with van der Waals surface area (Å²) in [6.45, 7) is 6.15. The number of allylic oxidation sites excluding steroid dienone is 1. The van der Waals surface area contributed by atoms with E-state index in [1.54, 1.807) is 25.3 Å². The molecular weight excluding hydrogens is 444 g/mol. The van der Waals surface area contributed by atoms with Crippen molar-refractivity contribution in [2.75, 3.05) is 13.7 Å². The molecule has 0 saturated heterocycles. The number of para-hydroxylation sites is 1. The Morgan fingerprint density at radius 3 is 2.57 bits per heavy atom. The summed E-state index contributed by atoms with van der Waals surface area (Å²) in [6, 6.07) is 18.2. The number of hydrogen-bond donors (Lipinski definition) is 0. The summed E-state index contributed by atoms with van der Waals surface area (Å²) >= 11 is 0. The number of carbonyl (C=O) groups is 2. The molecule has 0 aliphatic carbocycles. The first-order valence-corrected chi connectivity index (χ1v) is 11.3. The number of hydrogen-bond acceptors (Lipinski definition) is 6. The summed E-state index contributed by atoms with van der Waals surface area (Å²) in [5.74, 6) is 1.42. The highest BCUT2D eigenvalue weighted by Gasteiger charge is 2.39. The number of ketones is 1. The van der Waals surface area contributed by atoms with Gasteiger partial charge >= 0.3 is 5.97 Å². The van der Waals surface area contributed by atoms with E-state index in [1.807, 2.05) is 55.5 Å². The Hall–Kier alpha value is -4.32. The van der Waals surface area contributed by atoms with Gasteiger partial charge in [-0.15, -0.1) is 0 Å². The van der Waals surface area contributed by atoms with Crippen molar-refractivity contribution in [3.05, 3.63) is 101 Å². The van der Waals surface area contributed by atoms with Crippen LogP contribution in [0.15, 0.2) is 78.6 Å². The van der Waals surface area contributed by atoms with Crippen LogP contribution in [0.25, 0.3) is 6.08 Å². The molecule has 0 N–H and O–H groups in total. The lowest BCUT2D eigenvalue weighted by Crippen LogP contribution is -2.22. The Kier molecular flexibility index (Phi) is 5.87. The zero-order chi connectivity index (χ0) is 24.5. The number of esters is 1. The predicted molar refractivity (Wildman–Crippen MR) is 131 cm³/mol. The molecule has 3 aromatic carbocycles. The van der Waals surface area contributed by atoms with Crippen molar-refractivity contribution < 1.29 is 28.5 Å². The van der Waals surface area contributed by atoms with Crippen molar-refractivity contribution in [2.45, 2.75) is 19.3 Å². The average molecular weight is 469 g/mol. The molecule has 2 aliphatic heterocycles. The molecule has 176 valence electrons. The molecular formula is C29H24O6. The second kappa shape index (κ2) is 9.14. The van der Waals surface area contributed by atoms with Crippen LogP contribution in [0.2, 0.25) is 0 Å². The van der Waals surface area contributed by atoms with Gasteiger partial charge in [-0.25, -0.2) is 0 Å². The van der Waals surface area contributed by atoms with Gasteiger partial charge in [-0.1, -0.05) is 36.9 Å². The molecule has 2 aliphatic rings. The molecule has 6 nitrogen and oxygen atoms in total. The van der Waals surface area contributed by atoms with Crippen molar-refractivity contribution in [3.8, 4) is 23.0 Å². The fourth-order valence-electron chi connectivity index (χ4n) is 4.32. The summed E-state index contributed by atoms with van der Waals surface area (Å²) in [5.41, 5.74) is 3.61. The number of fused-ring (bicyclic) bond motifs is 3. The van der Waals surface area contributed by atoms with Gasteiger partial charge in [0.1, 0.15) is 29.6 Å². The fourth-order valence-corrected chi connectivity index (χ4v) is 4.32. The number of rotatable bonds is 6. The van der Waals surface area contributed by atoms with E-state index < -0.39 is 5.92 Å². The summed E-state index contributed by atoms with van der Waals surface area (Å²) in [7, 11) is 1.60. The molecule has 0 amide bonds. The van der Waals surface area contributed by atoms with Crippen molar-refractivity contribution in [1.82, 2.24) is 0 Å². The van der Waals surface area contributed by atoms with Crippen LogP contribution in [0, 0.1) is 0 Å². The molecule has 1 atom stereocenters. The molecule has 3 aromatic rings. The Bertz CT molecular complexity index is 1370. The molecule has 0 bridgehead atoms. The van der Waals surface area contributed by atoms with Crippen molar-refractivity contribution in [1.29, 1.82) is 0 Å². The third-order valence-electron chi connectivity index (χ3n) is 5.96. The van der Waals surface area contributed by atoms with Crippen LogP contribution >= 0.6 is 0 Å². The Morgan fingerprint density at radius 2 is 1.83 bits per heavy atom. The second-order valence-electron chi connectivity index (χ2n) is 8.58. The van der Waals surface area contributed by atoms with Gasteiger partial charge in [-0.3, -0.25) is 9.59 Å². The standard InChI is InChI=1S/C29H24O6/c1-17(2)16-33-23-7-5-4-6-20(23)22-15-26(30)34-24-13-12-21-28(31)25(35-29(21)27(22)24)14-18-8-10-19(32-3)11-9-18/h4-14,22H,1,15-16H2,2-3H3/b25-14-/t22-/m1/s1. The zero-order valence-corrected chi connectivity index (χ0v) is 19.5. The summed E-state index contributed by atoms with van der Waals surface area (Å²) in [6.07, 6.45) is 1.80. The van der Waals surface area contributed by atoms with Crippen LogP contribution in [-0.4, -0.2) is 25.5 Å². The van der Waals surface area contributed by atoms with Crippen LogP contribution < -0.4 is 18.9 Å². The summed E-state index contributed by atoms with van der Waals surface area (Å²) in [5, 5.41) is 0. The topological polar surface area (TPSA) is 71.1 Å². The molecule has 6 heteroatoms. The Balaban J connectivity index is 1.57. The number of ether oxygens (including phenoxy) is 4. The molecule has 0 spiro atoms. The molecule has 0 aromatic heterocycles. The molecule has 2 heterocycles. The van der Waals surface area contributed by atoms with Crippen molar-refractivity contribution in [2.24, 2.45) is 0 Å². The minimum absolute atomic E-state index is 0.103. The quantitative estimate of drug-likeness (QED) is 0.200. The second-order valence-corrected chi connectivity index (χ2v) is 8.58. The maximum absolute atomic E-state index is 13.2. The van der Waals surface area contributed by atoms with Gasteiger partial charge in [0.2, 0.25) is 5.78 Å². The molecule has 5 rings (SSSR count). The van der Waals surface area contributed by atoms with Crippen LogP contribution in [0.1, 0.15) is 46.3 Å². The van der Waals surface area contributed by atoms with E-state index in [2.05, 4.69) is 6.58 Å². The van der Waals surface area contributed by atoms with Gasteiger partial charge in [0.15, 0.2) is 5.76 Å². The van der Waals surface area contributed by atoms with Crippen molar-refractivity contribution >= 4 is 17.8 Å². The lowest BCUT2D eigenvalue weighted by atomic mass is 9.84. The van der Waals surface area contributed by atoms with Gasteiger partial charge in [-0.2, -0.15) is 0 Å². The highest BCUT2D eigenvalue weighted by atomic mass is 16.5. The number of Topliss-reactive ketones (excluding diaryl/α,β-unsaturated/α-hetero) is 1. The summed E-state index contributed by atoms with van der Waals surface area (Å²) < 4.78 is 22.9. The smallest absolute Gasteiger partial charge is 0.312 e. The first-order valence-electron chi connectivity index (χ1n) is 11.3. The third kappa shape index (κ3) is 4.30. The van der Waals surface area contributed by atoms with E-state index in [0.29, 0.717) is 35.0 Å². The van der Waals surface area contributed by atoms with Crippen LogP contribution in [-0.2, 0) is 4.79 Å². The zero-order valence-electron chi connectivity index (χ0n) is 19.5. The van der Waals surface area contributed by atoms with Gasteiger partial charge in [0.25, 0.3) is 0 Å². The van der Waals surface area contributed by atoms with E-state index in [1.165, 1.54) is 0 Å². The van der Waals surface area contributed by atoms with E-state index in [0.717, 1.165) is 22.4 Å². The first-order chi connectivity index (χ1) is 16.9. The van der Waals surface area contributed by atoms with Gasteiger partial charge in [0.05, 0.1) is 19.1 Å². The molecule has 35 heavy (non-hydrogen) atoms. The maximum Gasteiger partial charge on any atom is 0.312 e. The lowest BCUT2D eigenvalue weighted by molar-refractivity contribution is -0.135. The monoisotopic (exact) mass is 468 g/mol. The summed E-state index contributed by atoms with van der Waals surface area (Å²) in [4.78, 5) is 25.7. The van der Waals surface area contributed by atoms with Gasteiger partial charge in [0, 0.05) is 17.0 Å². The number of carbonyl (C=O) groups excluding carboxylic acids is 2. The predicted octanol–water partition coefficient (Wildman–Crippen LogP) is 5.71. The van der Waals surface area contributed by atoms with E-state index in [9.17, 15) is 9.59 Å². The maximum atomic E-state index is 13.2. The minimum atomic E-state index is -0.393. The van der Waals surface area contributed by atoms with E-state index >= 15 is 0 Å². The average Bonchev–Trinajstić information content (AvgIpc) is 3.17. The number of methoxy groups -OCH3 is 1. The highest BCUT2D eigenvalue weighted by molar-refractivity contribution is 6.15.